The van der Waals surface area contributed by atoms with Crippen LogP contribution in [0.1, 0.15) is 16.7 Å². The first kappa shape index (κ1) is 21.3. The van der Waals surface area contributed by atoms with Gasteiger partial charge in [-0.25, -0.2) is 8.42 Å². The monoisotopic (exact) mass is 415 g/mol. The molecule has 1 aliphatic heterocycles. The third-order valence-corrected chi connectivity index (χ3v) is 6.45. The summed E-state index contributed by atoms with van der Waals surface area (Å²) in [5, 5.41) is 0. The molecular weight excluding hydrogens is 386 g/mol. The van der Waals surface area contributed by atoms with Crippen molar-refractivity contribution in [1.29, 1.82) is 0 Å². The first-order valence-corrected chi connectivity index (χ1v) is 11.7. The van der Waals surface area contributed by atoms with E-state index in [2.05, 4.69) is 17.0 Å². The summed E-state index contributed by atoms with van der Waals surface area (Å²) in [6.45, 7) is 7.21. The van der Waals surface area contributed by atoms with Crippen LogP contribution in [-0.2, 0) is 21.4 Å². The van der Waals surface area contributed by atoms with Gasteiger partial charge in [0.15, 0.2) is 0 Å². The number of amides is 1. The number of hydrogen-bond acceptors (Lipinski definition) is 4. The zero-order chi connectivity index (χ0) is 21.0. The standard InChI is InChI=1S/C22H29N3O3S/c1-18-8-7-9-19(2)22(18)25(29(3,27)28)17-21(26)24-14-12-23(13-15-24)16-20-10-5-4-6-11-20/h4-11H,12-17H2,1-3H3. The molecule has 156 valence electrons. The van der Waals surface area contributed by atoms with Gasteiger partial charge in [-0.15, -0.1) is 0 Å². The predicted octanol–water partition coefficient (Wildman–Crippen LogP) is 2.41. The van der Waals surface area contributed by atoms with E-state index in [4.69, 9.17) is 0 Å². The molecule has 0 unspecified atom stereocenters. The molecule has 1 amide bonds. The Labute approximate surface area is 173 Å². The number of anilines is 1. The Hall–Kier alpha value is -2.38. The van der Waals surface area contributed by atoms with Crippen LogP contribution in [0.15, 0.2) is 48.5 Å². The van der Waals surface area contributed by atoms with Gasteiger partial charge in [-0.2, -0.15) is 0 Å². The molecule has 1 heterocycles. The molecule has 1 saturated heterocycles. The van der Waals surface area contributed by atoms with Crippen LogP contribution >= 0.6 is 0 Å². The molecule has 0 atom stereocenters. The molecule has 0 aliphatic carbocycles. The molecule has 2 aromatic carbocycles. The lowest BCUT2D eigenvalue weighted by molar-refractivity contribution is -0.131. The van der Waals surface area contributed by atoms with Crippen LogP contribution in [0.3, 0.4) is 0 Å². The van der Waals surface area contributed by atoms with Gasteiger partial charge in [-0.05, 0) is 30.5 Å². The average Bonchev–Trinajstić information content (AvgIpc) is 2.67. The van der Waals surface area contributed by atoms with Crippen molar-refractivity contribution in [2.45, 2.75) is 20.4 Å². The third-order valence-electron chi connectivity index (χ3n) is 5.34. The number of aryl methyl sites for hydroxylation is 2. The Morgan fingerprint density at radius 1 is 0.931 bits per heavy atom. The predicted molar refractivity (Wildman–Crippen MR) is 116 cm³/mol. The van der Waals surface area contributed by atoms with Crippen molar-refractivity contribution in [1.82, 2.24) is 9.80 Å². The van der Waals surface area contributed by atoms with E-state index in [1.807, 2.05) is 50.2 Å². The van der Waals surface area contributed by atoms with E-state index in [0.29, 0.717) is 18.8 Å². The zero-order valence-electron chi connectivity index (χ0n) is 17.3. The van der Waals surface area contributed by atoms with Crippen molar-refractivity contribution in [2.75, 3.05) is 43.3 Å². The number of para-hydroxylation sites is 1. The highest BCUT2D eigenvalue weighted by molar-refractivity contribution is 7.92. The van der Waals surface area contributed by atoms with Gasteiger partial charge in [0.05, 0.1) is 11.9 Å². The lowest BCUT2D eigenvalue weighted by Crippen LogP contribution is -2.51. The van der Waals surface area contributed by atoms with Crippen molar-refractivity contribution < 1.29 is 13.2 Å². The zero-order valence-corrected chi connectivity index (χ0v) is 18.2. The maximum absolute atomic E-state index is 12.9. The van der Waals surface area contributed by atoms with Gasteiger partial charge in [0.25, 0.3) is 0 Å². The van der Waals surface area contributed by atoms with E-state index in [-0.39, 0.29) is 12.5 Å². The highest BCUT2D eigenvalue weighted by Gasteiger charge is 2.28. The van der Waals surface area contributed by atoms with Gasteiger partial charge in [0.2, 0.25) is 15.9 Å². The van der Waals surface area contributed by atoms with Crippen molar-refractivity contribution in [3.8, 4) is 0 Å². The summed E-state index contributed by atoms with van der Waals surface area (Å²) in [4.78, 5) is 17.0. The van der Waals surface area contributed by atoms with Crippen LogP contribution in [0.5, 0.6) is 0 Å². The van der Waals surface area contributed by atoms with E-state index in [1.165, 1.54) is 9.87 Å². The summed E-state index contributed by atoms with van der Waals surface area (Å²) in [6, 6.07) is 15.9. The minimum absolute atomic E-state index is 0.155. The maximum atomic E-state index is 12.9. The summed E-state index contributed by atoms with van der Waals surface area (Å²) < 4.78 is 26.2. The lowest BCUT2D eigenvalue weighted by Gasteiger charge is -2.36. The van der Waals surface area contributed by atoms with Crippen molar-refractivity contribution in [2.24, 2.45) is 0 Å². The molecule has 0 bridgehead atoms. The van der Waals surface area contributed by atoms with Crippen molar-refractivity contribution >= 4 is 21.6 Å². The Balaban J connectivity index is 1.65. The van der Waals surface area contributed by atoms with E-state index in [1.54, 1.807) is 4.90 Å². The molecule has 2 aromatic rings. The lowest BCUT2D eigenvalue weighted by atomic mass is 10.1. The third kappa shape index (κ3) is 5.36. The number of piperazine rings is 1. The number of sulfonamides is 1. The molecule has 7 heteroatoms. The van der Waals surface area contributed by atoms with Crippen LogP contribution in [0.25, 0.3) is 0 Å². The Kier molecular flexibility index (Phi) is 6.59. The summed E-state index contributed by atoms with van der Waals surface area (Å²) in [5.74, 6) is -0.155. The van der Waals surface area contributed by atoms with Crippen molar-refractivity contribution in [3.63, 3.8) is 0 Å². The minimum atomic E-state index is -3.57. The van der Waals surface area contributed by atoms with Crippen LogP contribution in [0.4, 0.5) is 5.69 Å². The molecule has 29 heavy (non-hydrogen) atoms. The molecule has 0 saturated carbocycles. The van der Waals surface area contributed by atoms with Crippen LogP contribution in [-0.4, -0.2) is 63.1 Å². The first-order chi connectivity index (χ1) is 13.8. The second-order valence-corrected chi connectivity index (χ2v) is 9.56. The highest BCUT2D eigenvalue weighted by Crippen LogP contribution is 2.26. The average molecular weight is 416 g/mol. The number of rotatable bonds is 6. The van der Waals surface area contributed by atoms with Crippen LogP contribution in [0.2, 0.25) is 0 Å². The number of carbonyl (C=O) groups is 1. The number of benzene rings is 2. The van der Waals surface area contributed by atoms with Gasteiger partial charge in [0, 0.05) is 32.7 Å². The summed E-state index contributed by atoms with van der Waals surface area (Å²) in [7, 11) is -3.57. The van der Waals surface area contributed by atoms with Gasteiger partial charge >= 0.3 is 0 Å². The van der Waals surface area contributed by atoms with Gasteiger partial charge in [0.1, 0.15) is 6.54 Å². The molecular formula is C22H29N3O3S. The topological polar surface area (TPSA) is 60.9 Å². The summed E-state index contributed by atoms with van der Waals surface area (Å²) >= 11 is 0. The molecule has 6 nitrogen and oxygen atoms in total. The molecule has 1 aliphatic rings. The Bertz CT molecular complexity index is 932. The molecule has 1 fully saturated rings. The fraction of sp³-hybridized carbons (Fsp3) is 0.409. The van der Waals surface area contributed by atoms with E-state index in [0.717, 1.165) is 37.0 Å². The highest BCUT2D eigenvalue weighted by atomic mass is 32.2. The van der Waals surface area contributed by atoms with Gasteiger partial charge < -0.3 is 4.90 Å². The molecule has 3 rings (SSSR count). The molecule has 0 aromatic heterocycles. The quantitative estimate of drug-likeness (QED) is 0.727. The fourth-order valence-electron chi connectivity index (χ4n) is 3.78. The van der Waals surface area contributed by atoms with Crippen LogP contribution in [0, 0.1) is 13.8 Å². The van der Waals surface area contributed by atoms with Gasteiger partial charge in [-0.1, -0.05) is 48.5 Å². The largest absolute Gasteiger partial charge is 0.339 e. The van der Waals surface area contributed by atoms with E-state index < -0.39 is 10.0 Å². The molecule has 0 radical (unpaired) electrons. The summed E-state index contributed by atoms with van der Waals surface area (Å²) in [6.07, 6.45) is 1.16. The minimum Gasteiger partial charge on any atom is -0.339 e. The summed E-state index contributed by atoms with van der Waals surface area (Å²) in [5.41, 5.74) is 3.54. The first-order valence-electron chi connectivity index (χ1n) is 9.83. The van der Waals surface area contributed by atoms with E-state index in [9.17, 15) is 13.2 Å². The maximum Gasteiger partial charge on any atom is 0.243 e. The normalized spacial score (nSPS) is 15.3. The molecule has 0 N–H and O–H groups in total. The second-order valence-electron chi connectivity index (χ2n) is 7.65. The Morgan fingerprint density at radius 2 is 1.52 bits per heavy atom. The van der Waals surface area contributed by atoms with E-state index >= 15 is 0 Å². The molecule has 0 spiro atoms. The smallest absolute Gasteiger partial charge is 0.243 e. The number of carbonyl (C=O) groups excluding carboxylic acids is 1. The number of nitrogens with zero attached hydrogens (tertiary/aromatic N) is 3. The van der Waals surface area contributed by atoms with Crippen LogP contribution < -0.4 is 4.31 Å². The second kappa shape index (κ2) is 8.97. The van der Waals surface area contributed by atoms with Crippen molar-refractivity contribution in [3.05, 3.63) is 65.2 Å². The van der Waals surface area contributed by atoms with Gasteiger partial charge in [-0.3, -0.25) is 14.0 Å². The fourth-order valence-corrected chi connectivity index (χ4v) is 4.75. The number of hydrogen-bond donors (Lipinski definition) is 0. The Morgan fingerprint density at radius 3 is 2.07 bits per heavy atom. The SMILES string of the molecule is Cc1cccc(C)c1N(CC(=O)N1CCN(Cc2ccccc2)CC1)S(C)(=O)=O.